The van der Waals surface area contributed by atoms with Gasteiger partial charge in [0.1, 0.15) is 0 Å². The van der Waals surface area contributed by atoms with Gasteiger partial charge in [-0.2, -0.15) is 23.1 Å². The first-order valence-corrected chi connectivity index (χ1v) is 15.1. The van der Waals surface area contributed by atoms with Gasteiger partial charge in [0.15, 0.2) is 17.0 Å². The number of halogens is 3. The van der Waals surface area contributed by atoms with Crippen LogP contribution in [0.5, 0.6) is 0 Å². The number of imidazole rings is 1. The topological polar surface area (TPSA) is 99.5 Å². The number of hydrogen-bond donors (Lipinski definition) is 1. The van der Waals surface area contributed by atoms with Gasteiger partial charge in [-0.15, -0.1) is 0 Å². The number of anilines is 2. The first-order chi connectivity index (χ1) is 20.7. The Morgan fingerprint density at radius 3 is 2.53 bits per heavy atom. The maximum absolute atomic E-state index is 13.2. The molecule has 2 aliphatic rings. The zero-order valence-electron chi connectivity index (χ0n) is 24.7. The molecule has 1 unspecified atom stereocenters. The second-order valence-corrected chi connectivity index (χ2v) is 11.2. The predicted octanol–water partition coefficient (Wildman–Crippen LogP) is 4.40. The van der Waals surface area contributed by atoms with Crippen molar-refractivity contribution in [2.24, 2.45) is 5.92 Å². The number of alkyl halides is 3. The molecule has 1 aromatic carbocycles. The smallest absolute Gasteiger partial charge is 0.368 e. The molecular weight excluding hydrogens is 561 g/mol. The Balaban J connectivity index is 1.40. The number of rotatable bonds is 11. The summed E-state index contributed by atoms with van der Waals surface area (Å²) < 4.78 is 41.0. The lowest BCUT2D eigenvalue weighted by atomic mass is 9.96. The van der Waals surface area contributed by atoms with Crippen molar-refractivity contribution in [1.82, 2.24) is 29.3 Å². The minimum atomic E-state index is -4.40. The minimum Gasteiger partial charge on any atom is -0.368 e. The van der Waals surface area contributed by atoms with Gasteiger partial charge in [-0.05, 0) is 57.2 Å². The van der Waals surface area contributed by atoms with Crippen molar-refractivity contribution in [3.8, 4) is 0 Å². The quantitative estimate of drug-likeness (QED) is 0.326. The number of aromatic nitrogens is 4. The molecule has 2 amide bonds. The van der Waals surface area contributed by atoms with Crippen molar-refractivity contribution >= 4 is 34.7 Å². The molecule has 2 aromatic heterocycles. The van der Waals surface area contributed by atoms with Crippen LogP contribution in [0.2, 0.25) is 0 Å². The number of nitrogens with one attached hydrogen (secondary N) is 1. The summed E-state index contributed by atoms with van der Waals surface area (Å²) in [6.07, 6.45) is 1.10. The fraction of sp³-hybridized carbons (Fsp3) is 0.567. The number of fused-ring (bicyclic) bond motifs is 1. The Morgan fingerprint density at radius 1 is 1.09 bits per heavy atom. The Bertz CT molecular complexity index is 1420. The summed E-state index contributed by atoms with van der Waals surface area (Å²) in [5.41, 5.74) is 1.09. The van der Waals surface area contributed by atoms with E-state index in [0.717, 1.165) is 44.4 Å². The van der Waals surface area contributed by atoms with Crippen LogP contribution in [0.4, 0.5) is 24.9 Å². The van der Waals surface area contributed by atoms with Crippen molar-refractivity contribution < 1.29 is 22.8 Å². The number of nitrogens with zero attached hydrogens (tertiary/aromatic N) is 7. The van der Waals surface area contributed by atoms with E-state index in [1.54, 1.807) is 10.9 Å². The van der Waals surface area contributed by atoms with Crippen LogP contribution in [0, 0.1) is 5.92 Å². The largest absolute Gasteiger partial charge is 0.416 e. The van der Waals surface area contributed by atoms with Crippen molar-refractivity contribution in [1.29, 1.82) is 0 Å². The summed E-state index contributed by atoms with van der Waals surface area (Å²) in [7, 11) is 0. The lowest BCUT2D eigenvalue weighted by Crippen LogP contribution is -2.45. The standard InChI is InChI=1S/C30H39F3N8O2/c1-3-38(4-2)28(43)22-8-5-16-40(19-22)29-36-26(34-14-7-17-39-15-6-9-24(39)42)25-27(37-29)41(20-35-25)18-21-10-12-23(13-11-21)30(31,32)33/h10-13,20,22H,3-9,14-19H2,1-2H3,(H,34,36,37). The van der Waals surface area contributed by atoms with E-state index in [1.807, 2.05) is 28.5 Å². The molecule has 43 heavy (non-hydrogen) atoms. The fourth-order valence-corrected chi connectivity index (χ4v) is 5.88. The summed E-state index contributed by atoms with van der Waals surface area (Å²) in [6, 6.07) is 5.08. The lowest BCUT2D eigenvalue weighted by Gasteiger charge is -2.34. The molecule has 3 aromatic rings. The summed E-state index contributed by atoms with van der Waals surface area (Å²) in [5.74, 6) is 1.21. The lowest BCUT2D eigenvalue weighted by molar-refractivity contribution is -0.137. The molecule has 13 heteroatoms. The first-order valence-electron chi connectivity index (χ1n) is 15.1. The molecule has 232 valence electrons. The first kappa shape index (κ1) is 30.6. The molecular formula is C30H39F3N8O2. The highest BCUT2D eigenvalue weighted by atomic mass is 19.4. The predicted molar refractivity (Wildman–Crippen MR) is 158 cm³/mol. The third-order valence-electron chi connectivity index (χ3n) is 8.28. The van der Waals surface area contributed by atoms with Crippen LogP contribution >= 0.6 is 0 Å². The van der Waals surface area contributed by atoms with Crippen molar-refractivity contribution in [2.75, 3.05) is 56.0 Å². The van der Waals surface area contributed by atoms with Crippen LogP contribution < -0.4 is 10.2 Å². The van der Waals surface area contributed by atoms with Crippen LogP contribution in [-0.4, -0.2) is 86.9 Å². The normalized spacial score (nSPS) is 17.6. The van der Waals surface area contributed by atoms with Crippen LogP contribution in [0.1, 0.15) is 57.1 Å². The van der Waals surface area contributed by atoms with Gasteiger partial charge in [0.05, 0.1) is 24.4 Å². The van der Waals surface area contributed by atoms with Gasteiger partial charge in [-0.25, -0.2) is 4.98 Å². The summed E-state index contributed by atoms with van der Waals surface area (Å²) in [5, 5.41) is 3.39. The monoisotopic (exact) mass is 600 g/mol. The summed E-state index contributed by atoms with van der Waals surface area (Å²) in [4.78, 5) is 45.2. The van der Waals surface area contributed by atoms with Gasteiger partial charge in [-0.1, -0.05) is 12.1 Å². The van der Waals surface area contributed by atoms with E-state index >= 15 is 0 Å². The number of hydrogen-bond acceptors (Lipinski definition) is 7. The third kappa shape index (κ3) is 7.02. The number of amides is 2. The van der Waals surface area contributed by atoms with Crippen molar-refractivity contribution in [3.05, 3.63) is 41.7 Å². The highest BCUT2D eigenvalue weighted by Gasteiger charge is 2.31. The van der Waals surface area contributed by atoms with E-state index in [1.165, 1.54) is 12.1 Å². The fourth-order valence-electron chi connectivity index (χ4n) is 5.88. The molecule has 10 nitrogen and oxygen atoms in total. The van der Waals surface area contributed by atoms with Crippen LogP contribution in [0.15, 0.2) is 30.6 Å². The van der Waals surface area contributed by atoms with Crippen LogP contribution in [0.3, 0.4) is 0 Å². The van der Waals surface area contributed by atoms with Gasteiger partial charge in [0.2, 0.25) is 17.8 Å². The van der Waals surface area contributed by atoms with Gasteiger partial charge >= 0.3 is 6.18 Å². The van der Waals surface area contributed by atoms with Crippen LogP contribution in [-0.2, 0) is 22.3 Å². The number of benzene rings is 1. The molecule has 1 N–H and O–H groups in total. The maximum atomic E-state index is 13.2. The van der Waals surface area contributed by atoms with E-state index in [-0.39, 0.29) is 24.3 Å². The van der Waals surface area contributed by atoms with Gasteiger partial charge in [0.25, 0.3) is 0 Å². The van der Waals surface area contributed by atoms with Crippen LogP contribution in [0.25, 0.3) is 11.2 Å². The van der Waals surface area contributed by atoms with E-state index in [9.17, 15) is 22.8 Å². The molecule has 0 radical (unpaired) electrons. The molecule has 0 saturated carbocycles. The van der Waals surface area contributed by atoms with E-state index in [2.05, 4.69) is 10.3 Å². The van der Waals surface area contributed by atoms with E-state index in [4.69, 9.17) is 9.97 Å². The summed E-state index contributed by atoms with van der Waals surface area (Å²) >= 11 is 0. The van der Waals surface area contributed by atoms with Gasteiger partial charge < -0.3 is 24.6 Å². The van der Waals surface area contributed by atoms with Crippen molar-refractivity contribution in [3.63, 3.8) is 0 Å². The molecule has 2 saturated heterocycles. The van der Waals surface area contributed by atoms with Crippen molar-refractivity contribution in [2.45, 2.75) is 58.7 Å². The number of carbonyl (C=O) groups is 2. The minimum absolute atomic E-state index is 0.137. The molecule has 5 rings (SSSR count). The molecule has 2 aliphatic heterocycles. The molecule has 4 heterocycles. The van der Waals surface area contributed by atoms with Gasteiger partial charge in [0, 0.05) is 52.2 Å². The molecule has 2 fully saturated rings. The van der Waals surface area contributed by atoms with E-state index < -0.39 is 11.7 Å². The third-order valence-corrected chi connectivity index (χ3v) is 8.28. The Kier molecular flexibility index (Phi) is 9.36. The second-order valence-electron chi connectivity index (χ2n) is 11.2. The molecule has 0 spiro atoms. The maximum Gasteiger partial charge on any atom is 0.416 e. The summed E-state index contributed by atoms with van der Waals surface area (Å²) in [6.45, 7) is 8.80. The average Bonchev–Trinajstić information content (AvgIpc) is 3.61. The number of piperidine rings is 1. The van der Waals surface area contributed by atoms with Gasteiger partial charge in [-0.3, -0.25) is 9.59 Å². The zero-order valence-corrected chi connectivity index (χ0v) is 24.7. The number of carbonyl (C=O) groups excluding carboxylic acids is 2. The molecule has 0 bridgehead atoms. The Labute approximate surface area is 249 Å². The second kappa shape index (κ2) is 13.2. The van der Waals surface area contributed by atoms with E-state index in [0.29, 0.717) is 74.2 Å². The zero-order chi connectivity index (χ0) is 30.6. The average molecular weight is 601 g/mol. The number of likely N-dealkylation sites (tertiary alicyclic amines) is 1. The molecule has 1 atom stereocenters. The highest BCUT2D eigenvalue weighted by Crippen LogP contribution is 2.30. The highest BCUT2D eigenvalue weighted by molar-refractivity contribution is 5.85. The Morgan fingerprint density at radius 2 is 1.86 bits per heavy atom. The molecule has 0 aliphatic carbocycles. The Hall–Kier alpha value is -3.90. The SMILES string of the molecule is CCN(CC)C(=O)C1CCCN(c2nc(NCCCN3CCCC3=O)c3ncn(Cc4ccc(C(F)(F)F)cc4)c3n2)C1.